The van der Waals surface area contributed by atoms with Gasteiger partial charge < -0.3 is 9.47 Å². The molecular weight excluding hydrogens is 280 g/mol. The minimum absolute atomic E-state index is 0.156. The van der Waals surface area contributed by atoms with Gasteiger partial charge in [-0.2, -0.15) is 8.78 Å². The standard InChI is InChI=1S/C12H14ClF2NO3/c1-18-7-3-4-9-8(11(17)19-2)5-6-10(16-9)12(13,14)15/h5-6H,3-4,7H2,1-2H3. The van der Waals surface area contributed by atoms with Crippen LogP contribution in [0.2, 0.25) is 0 Å². The molecule has 0 amide bonds. The van der Waals surface area contributed by atoms with Crippen LogP contribution >= 0.6 is 11.6 Å². The second kappa shape index (κ2) is 6.77. The number of pyridine rings is 1. The van der Waals surface area contributed by atoms with Crippen LogP contribution in [0.3, 0.4) is 0 Å². The largest absolute Gasteiger partial charge is 0.465 e. The molecule has 0 spiro atoms. The molecule has 0 saturated carbocycles. The summed E-state index contributed by atoms with van der Waals surface area (Å²) in [6.07, 6.45) is 0.865. The summed E-state index contributed by atoms with van der Waals surface area (Å²) in [5, 5.41) is -3.56. The molecule has 1 aromatic rings. The smallest absolute Gasteiger partial charge is 0.364 e. The molecule has 0 fully saturated rings. The normalized spacial score (nSPS) is 11.4. The highest BCUT2D eigenvalue weighted by molar-refractivity contribution is 6.21. The van der Waals surface area contributed by atoms with Crippen molar-refractivity contribution in [2.45, 2.75) is 18.2 Å². The third kappa shape index (κ3) is 4.40. The van der Waals surface area contributed by atoms with Crippen LogP contribution in [0.4, 0.5) is 8.78 Å². The summed E-state index contributed by atoms with van der Waals surface area (Å²) in [5.41, 5.74) is -0.209. The fourth-order valence-corrected chi connectivity index (χ4v) is 1.63. The Morgan fingerprint density at radius 2 is 2.11 bits per heavy atom. The van der Waals surface area contributed by atoms with Gasteiger partial charge in [-0.3, -0.25) is 0 Å². The molecule has 0 aliphatic rings. The molecule has 1 aromatic heterocycles. The lowest BCUT2D eigenvalue weighted by Crippen LogP contribution is -2.14. The predicted molar refractivity (Wildman–Crippen MR) is 65.5 cm³/mol. The van der Waals surface area contributed by atoms with E-state index >= 15 is 0 Å². The van der Waals surface area contributed by atoms with E-state index in [-0.39, 0.29) is 11.3 Å². The van der Waals surface area contributed by atoms with Gasteiger partial charge in [-0.25, -0.2) is 9.78 Å². The van der Waals surface area contributed by atoms with Crippen LogP contribution in [0.25, 0.3) is 0 Å². The van der Waals surface area contributed by atoms with Crippen molar-refractivity contribution < 1.29 is 23.0 Å². The number of aryl methyl sites for hydroxylation is 1. The maximum Gasteiger partial charge on any atom is 0.364 e. The van der Waals surface area contributed by atoms with Crippen LogP contribution in [0.15, 0.2) is 12.1 Å². The third-order valence-corrected chi connectivity index (χ3v) is 2.63. The van der Waals surface area contributed by atoms with Gasteiger partial charge in [0, 0.05) is 13.7 Å². The quantitative estimate of drug-likeness (QED) is 0.460. The summed E-state index contributed by atoms with van der Waals surface area (Å²) in [4.78, 5) is 15.3. The lowest BCUT2D eigenvalue weighted by Gasteiger charge is -2.12. The van der Waals surface area contributed by atoms with Gasteiger partial charge >= 0.3 is 11.4 Å². The second-order valence-corrected chi connectivity index (χ2v) is 4.25. The van der Waals surface area contributed by atoms with Crippen LogP contribution in [0.5, 0.6) is 0 Å². The highest BCUT2D eigenvalue weighted by Gasteiger charge is 2.31. The number of esters is 1. The molecule has 0 bridgehead atoms. The van der Waals surface area contributed by atoms with E-state index in [0.717, 1.165) is 6.07 Å². The van der Waals surface area contributed by atoms with Crippen molar-refractivity contribution in [3.63, 3.8) is 0 Å². The number of alkyl halides is 3. The van der Waals surface area contributed by atoms with Crippen LogP contribution in [-0.4, -0.2) is 31.8 Å². The zero-order valence-electron chi connectivity index (χ0n) is 10.6. The van der Waals surface area contributed by atoms with Crippen LogP contribution < -0.4 is 0 Å². The Morgan fingerprint density at radius 3 is 2.63 bits per heavy atom. The van der Waals surface area contributed by atoms with E-state index in [1.54, 1.807) is 0 Å². The SMILES string of the molecule is COCCCc1nc(C(F)(F)Cl)ccc1C(=O)OC. The first-order chi connectivity index (χ1) is 8.90. The van der Waals surface area contributed by atoms with Gasteiger partial charge in [-0.15, -0.1) is 0 Å². The van der Waals surface area contributed by atoms with E-state index in [0.29, 0.717) is 19.4 Å². The summed E-state index contributed by atoms with van der Waals surface area (Å²) in [5.74, 6) is -0.621. The fourth-order valence-electron chi connectivity index (χ4n) is 1.53. The van der Waals surface area contributed by atoms with E-state index in [2.05, 4.69) is 9.72 Å². The number of nitrogens with zero attached hydrogens (tertiary/aromatic N) is 1. The number of rotatable bonds is 6. The molecule has 0 aromatic carbocycles. The van der Waals surface area contributed by atoms with E-state index in [1.165, 1.54) is 20.3 Å². The Hall–Kier alpha value is -1.27. The van der Waals surface area contributed by atoms with Crippen molar-refractivity contribution in [2.75, 3.05) is 20.8 Å². The van der Waals surface area contributed by atoms with Crippen molar-refractivity contribution in [1.82, 2.24) is 4.98 Å². The maximum absolute atomic E-state index is 13.0. The number of methoxy groups -OCH3 is 2. The molecule has 7 heteroatoms. The lowest BCUT2D eigenvalue weighted by molar-refractivity contribution is 0.0596. The molecule has 0 unspecified atom stereocenters. The molecule has 0 radical (unpaired) electrons. The van der Waals surface area contributed by atoms with Gasteiger partial charge in [0.1, 0.15) is 5.69 Å². The Bertz CT molecular complexity index is 449. The molecule has 0 saturated heterocycles. The molecule has 1 heterocycles. The third-order valence-electron chi connectivity index (χ3n) is 2.43. The number of hydrogen-bond acceptors (Lipinski definition) is 4. The molecule has 0 aliphatic carbocycles. The molecule has 4 nitrogen and oxygen atoms in total. The van der Waals surface area contributed by atoms with Gasteiger partial charge in [0.25, 0.3) is 0 Å². The van der Waals surface area contributed by atoms with Crippen LogP contribution in [-0.2, 0) is 21.3 Å². The topological polar surface area (TPSA) is 48.4 Å². The van der Waals surface area contributed by atoms with Crippen molar-refractivity contribution in [2.24, 2.45) is 0 Å². The summed E-state index contributed by atoms with van der Waals surface area (Å²) >= 11 is 4.92. The summed E-state index contributed by atoms with van der Waals surface area (Å²) < 4.78 is 35.4. The zero-order chi connectivity index (χ0) is 14.5. The molecular formula is C12H14ClF2NO3. The number of halogens is 3. The van der Waals surface area contributed by atoms with Crippen molar-refractivity contribution in [3.05, 3.63) is 29.1 Å². The first-order valence-corrected chi connectivity index (χ1v) is 5.92. The molecule has 1 rings (SSSR count). The minimum Gasteiger partial charge on any atom is -0.465 e. The van der Waals surface area contributed by atoms with Crippen molar-refractivity contribution in [3.8, 4) is 0 Å². The number of hydrogen-bond donors (Lipinski definition) is 0. The van der Waals surface area contributed by atoms with Crippen molar-refractivity contribution in [1.29, 1.82) is 0 Å². The Kier molecular flexibility index (Phi) is 5.62. The molecule has 0 N–H and O–H groups in total. The van der Waals surface area contributed by atoms with Gasteiger partial charge in [-0.05, 0) is 36.6 Å². The number of carbonyl (C=O) groups is 1. The number of carbonyl (C=O) groups excluding carboxylic acids is 1. The average molecular weight is 294 g/mol. The predicted octanol–water partition coefficient (Wildman–Crippen LogP) is 2.74. The Balaban J connectivity index is 3.07. The Labute approximate surface area is 114 Å². The maximum atomic E-state index is 13.0. The Morgan fingerprint density at radius 1 is 1.42 bits per heavy atom. The summed E-state index contributed by atoms with van der Waals surface area (Å²) in [7, 11) is 2.74. The molecule has 0 atom stereocenters. The second-order valence-electron chi connectivity index (χ2n) is 3.78. The molecule has 19 heavy (non-hydrogen) atoms. The zero-order valence-corrected chi connectivity index (χ0v) is 11.3. The summed E-state index contributed by atoms with van der Waals surface area (Å²) in [6, 6.07) is 2.26. The van der Waals surface area contributed by atoms with Crippen LogP contribution in [0, 0.1) is 0 Å². The number of aromatic nitrogens is 1. The molecule has 0 aliphatic heterocycles. The monoisotopic (exact) mass is 293 g/mol. The van der Waals surface area contributed by atoms with Gasteiger partial charge in [0.15, 0.2) is 0 Å². The van der Waals surface area contributed by atoms with E-state index in [9.17, 15) is 13.6 Å². The highest BCUT2D eigenvalue weighted by atomic mass is 35.5. The van der Waals surface area contributed by atoms with Gasteiger partial charge in [-0.1, -0.05) is 0 Å². The van der Waals surface area contributed by atoms with Crippen molar-refractivity contribution >= 4 is 17.6 Å². The first kappa shape index (κ1) is 15.8. The average Bonchev–Trinajstić information content (AvgIpc) is 2.37. The first-order valence-electron chi connectivity index (χ1n) is 5.54. The minimum atomic E-state index is -3.56. The van der Waals surface area contributed by atoms with Gasteiger partial charge in [0.2, 0.25) is 0 Å². The van der Waals surface area contributed by atoms with Gasteiger partial charge in [0.05, 0.1) is 18.4 Å². The van der Waals surface area contributed by atoms with E-state index in [1.807, 2.05) is 0 Å². The lowest BCUT2D eigenvalue weighted by atomic mass is 10.1. The molecule has 106 valence electrons. The van der Waals surface area contributed by atoms with E-state index in [4.69, 9.17) is 16.3 Å². The fraction of sp³-hybridized carbons (Fsp3) is 0.500. The van der Waals surface area contributed by atoms with E-state index < -0.39 is 17.0 Å². The number of ether oxygens (including phenoxy) is 2. The summed E-state index contributed by atoms with van der Waals surface area (Å²) in [6.45, 7) is 0.434. The van der Waals surface area contributed by atoms with Crippen LogP contribution in [0.1, 0.15) is 28.2 Å². The highest BCUT2D eigenvalue weighted by Crippen LogP contribution is 2.31.